The highest BCUT2D eigenvalue weighted by atomic mass is 16.4. The Bertz CT molecular complexity index is 850. The lowest BCUT2D eigenvalue weighted by atomic mass is 9.95. The fourth-order valence-electron chi connectivity index (χ4n) is 2.89. The second kappa shape index (κ2) is 4.04. The van der Waals surface area contributed by atoms with Gasteiger partial charge in [0, 0.05) is 17.8 Å². The maximum Gasteiger partial charge on any atom is 0.0715 e. The molecule has 1 aromatic heterocycles. The van der Waals surface area contributed by atoms with Gasteiger partial charge in [-0.05, 0) is 58.2 Å². The van der Waals surface area contributed by atoms with Crippen LogP contribution in [0, 0.1) is 0 Å². The summed E-state index contributed by atoms with van der Waals surface area (Å²) in [6.07, 6.45) is 6.10. The predicted molar refractivity (Wildman–Crippen MR) is 75.6 cm³/mol. The first-order valence-electron chi connectivity index (χ1n) is 6.76. The zero-order valence-electron chi connectivity index (χ0n) is 10.8. The Balaban J connectivity index is 2.11. The number of carboxylic acid groups (broad SMARTS) is 1. The van der Waals surface area contributed by atoms with E-state index in [2.05, 4.69) is 17.1 Å². The van der Waals surface area contributed by atoms with E-state index in [9.17, 15) is 9.90 Å². The molecular formula is C17H12NO2-. The zero-order chi connectivity index (χ0) is 13.7. The van der Waals surface area contributed by atoms with Gasteiger partial charge < -0.3 is 9.90 Å². The van der Waals surface area contributed by atoms with Crippen LogP contribution in [0.5, 0.6) is 0 Å². The molecule has 0 N–H and O–H groups in total. The number of rotatable bonds is 2. The van der Waals surface area contributed by atoms with Crippen LogP contribution in [0.3, 0.4) is 0 Å². The number of carbonyl (C=O) groups excluding carboxylic acids is 1. The van der Waals surface area contributed by atoms with Crippen LogP contribution < -0.4 is 5.11 Å². The van der Waals surface area contributed by atoms with Crippen LogP contribution in [-0.4, -0.2) is 11.0 Å². The highest BCUT2D eigenvalue weighted by Crippen LogP contribution is 2.44. The molecule has 1 aliphatic rings. The third kappa shape index (κ3) is 1.67. The van der Waals surface area contributed by atoms with Gasteiger partial charge in [-0.2, -0.15) is 0 Å². The molecule has 0 bridgehead atoms. The molecule has 0 saturated heterocycles. The molecule has 1 fully saturated rings. The minimum Gasteiger partial charge on any atom is -0.545 e. The van der Waals surface area contributed by atoms with Crippen LogP contribution in [0.15, 0.2) is 42.7 Å². The molecule has 0 amide bonds. The van der Waals surface area contributed by atoms with Crippen molar-refractivity contribution < 1.29 is 9.90 Å². The fraction of sp³-hybridized carbons (Fsp3) is 0.176. The highest BCUT2D eigenvalue weighted by Gasteiger charge is 2.26. The quantitative estimate of drug-likeness (QED) is 0.667. The Morgan fingerprint density at radius 3 is 2.70 bits per heavy atom. The number of benzene rings is 2. The molecular weight excluding hydrogens is 250 g/mol. The molecule has 0 atom stereocenters. The number of hydrogen-bond donors (Lipinski definition) is 0. The van der Waals surface area contributed by atoms with Gasteiger partial charge in [0.05, 0.1) is 5.97 Å². The van der Waals surface area contributed by atoms with Gasteiger partial charge in [-0.15, -0.1) is 0 Å². The van der Waals surface area contributed by atoms with Crippen LogP contribution in [0.2, 0.25) is 0 Å². The summed E-state index contributed by atoms with van der Waals surface area (Å²) in [6.45, 7) is 0. The van der Waals surface area contributed by atoms with E-state index in [-0.39, 0.29) is 5.56 Å². The van der Waals surface area contributed by atoms with Gasteiger partial charge in [0.2, 0.25) is 0 Å². The fourth-order valence-corrected chi connectivity index (χ4v) is 2.89. The zero-order valence-corrected chi connectivity index (χ0v) is 10.8. The Labute approximate surface area is 115 Å². The van der Waals surface area contributed by atoms with Crippen molar-refractivity contribution in [2.45, 2.75) is 18.8 Å². The molecule has 1 heterocycles. The van der Waals surface area contributed by atoms with Crippen LogP contribution in [-0.2, 0) is 0 Å². The first kappa shape index (κ1) is 11.4. The van der Waals surface area contributed by atoms with E-state index < -0.39 is 5.97 Å². The number of pyridine rings is 1. The summed E-state index contributed by atoms with van der Waals surface area (Å²) in [5, 5.41) is 15.3. The summed E-state index contributed by atoms with van der Waals surface area (Å²) in [4.78, 5) is 15.2. The van der Waals surface area contributed by atoms with E-state index in [1.54, 1.807) is 12.1 Å². The summed E-state index contributed by atoms with van der Waals surface area (Å²) < 4.78 is 0. The third-order valence-electron chi connectivity index (χ3n) is 4.04. The van der Waals surface area contributed by atoms with E-state index in [1.165, 1.54) is 23.8 Å². The van der Waals surface area contributed by atoms with Crippen LogP contribution in [0.1, 0.15) is 34.7 Å². The molecule has 4 rings (SSSR count). The summed E-state index contributed by atoms with van der Waals surface area (Å²) in [5.41, 5.74) is 1.54. The lowest BCUT2D eigenvalue weighted by Gasteiger charge is -2.11. The molecule has 0 unspecified atom stereocenters. The van der Waals surface area contributed by atoms with Crippen LogP contribution >= 0.6 is 0 Å². The van der Waals surface area contributed by atoms with Gasteiger partial charge in [-0.25, -0.2) is 0 Å². The standard InChI is InChI=1S/C17H13NO2/c19-17(20)11-3-4-13-12(7-11)8-15(10-1-2-10)14-5-6-18-9-16(13)14/h3-10H,1-2H2,(H,19,20)/p-1. The number of hydrogen-bond acceptors (Lipinski definition) is 3. The normalized spacial score (nSPS) is 14.8. The van der Waals surface area contributed by atoms with Crippen molar-refractivity contribution in [3.05, 3.63) is 53.9 Å². The molecule has 0 radical (unpaired) electrons. The molecule has 2 aromatic carbocycles. The molecule has 3 aromatic rings. The minimum absolute atomic E-state index is 0.225. The van der Waals surface area contributed by atoms with Gasteiger partial charge in [-0.3, -0.25) is 4.98 Å². The summed E-state index contributed by atoms with van der Waals surface area (Å²) >= 11 is 0. The van der Waals surface area contributed by atoms with Gasteiger partial charge in [-0.1, -0.05) is 18.2 Å². The van der Waals surface area contributed by atoms with Gasteiger partial charge in [0.1, 0.15) is 0 Å². The second-order valence-electron chi connectivity index (χ2n) is 5.38. The number of fused-ring (bicyclic) bond motifs is 3. The first-order chi connectivity index (χ1) is 9.74. The maximum atomic E-state index is 11.0. The number of aromatic nitrogens is 1. The predicted octanol–water partition coefficient (Wildman–Crippen LogP) is 2.63. The number of nitrogens with zero attached hydrogens (tertiary/aromatic N) is 1. The van der Waals surface area contributed by atoms with Gasteiger partial charge in [0.25, 0.3) is 0 Å². The maximum absolute atomic E-state index is 11.0. The minimum atomic E-state index is -1.13. The van der Waals surface area contributed by atoms with Gasteiger partial charge >= 0.3 is 0 Å². The van der Waals surface area contributed by atoms with Crippen molar-refractivity contribution in [1.82, 2.24) is 4.98 Å². The lowest BCUT2D eigenvalue weighted by molar-refractivity contribution is -0.255. The molecule has 1 aliphatic carbocycles. The number of carbonyl (C=O) groups is 1. The highest BCUT2D eigenvalue weighted by molar-refractivity contribution is 6.10. The Hall–Kier alpha value is -2.42. The first-order valence-corrected chi connectivity index (χ1v) is 6.76. The van der Waals surface area contributed by atoms with E-state index in [4.69, 9.17) is 0 Å². The van der Waals surface area contributed by atoms with E-state index >= 15 is 0 Å². The average molecular weight is 262 g/mol. The van der Waals surface area contributed by atoms with Crippen molar-refractivity contribution in [3.8, 4) is 0 Å². The van der Waals surface area contributed by atoms with E-state index in [1.807, 2.05) is 18.5 Å². The van der Waals surface area contributed by atoms with E-state index in [0.29, 0.717) is 5.92 Å². The molecule has 1 saturated carbocycles. The Morgan fingerprint density at radius 1 is 1.10 bits per heavy atom. The molecule has 20 heavy (non-hydrogen) atoms. The van der Waals surface area contributed by atoms with Crippen LogP contribution in [0.4, 0.5) is 0 Å². The van der Waals surface area contributed by atoms with Crippen molar-refractivity contribution in [2.24, 2.45) is 0 Å². The summed E-state index contributed by atoms with van der Waals surface area (Å²) in [5.74, 6) is -0.526. The largest absolute Gasteiger partial charge is 0.545 e. The second-order valence-corrected chi connectivity index (χ2v) is 5.38. The lowest BCUT2D eigenvalue weighted by Crippen LogP contribution is -2.21. The SMILES string of the molecule is O=C([O-])c1ccc2c(c1)cc(C1CC1)c1ccncc12. The van der Waals surface area contributed by atoms with Crippen LogP contribution in [0.25, 0.3) is 21.5 Å². The topological polar surface area (TPSA) is 53.0 Å². The van der Waals surface area contributed by atoms with E-state index in [0.717, 1.165) is 16.2 Å². The Morgan fingerprint density at radius 2 is 1.95 bits per heavy atom. The van der Waals surface area contributed by atoms with Gasteiger partial charge in [0.15, 0.2) is 0 Å². The van der Waals surface area contributed by atoms with Crippen molar-refractivity contribution >= 4 is 27.5 Å². The smallest absolute Gasteiger partial charge is 0.0715 e. The third-order valence-corrected chi connectivity index (χ3v) is 4.04. The van der Waals surface area contributed by atoms with Crippen molar-refractivity contribution in [2.75, 3.05) is 0 Å². The summed E-state index contributed by atoms with van der Waals surface area (Å²) in [6, 6.07) is 9.32. The molecule has 3 nitrogen and oxygen atoms in total. The molecule has 98 valence electrons. The molecule has 0 aliphatic heterocycles. The van der Waals surface area contributed by atoms with Crippen molar-refractivity contribution in [1.29, 1.82) is 0 Å². The average Bonchev–Trinajstić information content (AvgIpc) is 3.30. The number of aromatic carboxylic acids is 1. The molecule has 3 heteroatoms. The molecule has 0 spiro atoms. The monoisotopic (exact) mass is 262 g/mol. The van der Waals surface area contributed by atoms with Crippen molar-refractivity contribution in [3.63, 3.8) is 0 Å². The summed E-state index contributed by atoms with van der Waals surface area (Å²) in [7, 11) is 0. The Kier molecular flexibility index (Phi) is 2.30. The number of carboxylic acids is 1.